The molecule has 0 aromatic heterocycles. The number of carboxylic acids is 1. The van der Waals surface area contributed by atoms with E-state index in [1.807, 2.05) is 0 Å². The number of aliphatic carboxylic acids is 1. The van der Waals surface area contributed by atoms with Crippen LogP contribution in [0.4, 0.5) is 0 Å². The molecular weight excluding hydrogens is 376 g/mol. The molecule has 0 aliphatic rings. The van der Waals surface area contributed by atoms with Gasteiger partial charge in [0.2, 0.25) is 5.78 Å². The zero-order valence-electron chi connectivity index (χ0n) is 16.1. The van der Waals surface area contributed by atoms with Crippen LogP contribution in [0.25, 0.3) is 0 Å². The van der Waals surface area contributed by atoms with Crippen LogP contribution in [0.1, 0.15) is 12.8 Å². The molecular formula is C18H30O10. The summed E-state index contributed by atoms with van der Waals surface area (Å²) in [6.07, 6.45) is 1.05. The number of carbonyl (C=O) groups is 3. The van der Waals surface area contributed by atoms with Gasteiger partial charge in [0.05, 0.1) is 72.5 Å². The molecule has 0 fully saturated rings. The predicted molar refractivity (Wildman–Crippen MR) is 97.1 cm³/mol. The van der Waals surface area contributed by atoms with Crippen LogP contribution in [0.3, 0.4) is 0 Å². The van der Waals surface area contributed by atoms with E-state index < -0.39 is 17.7 Å². The molecule has 0 bridgehead atoms. The van der Waals surface area contributed by atoms with Gasteiger partial charge in [-0.3, -0.25) is 9.59 Å². The van der Waals surface area contributed by atoms with Crippen molar-refractivity contribution in [2.75, 3.05) is 72.7 Å². The smallest absolute Gasteiger partial charge is 0.372 e. The van der Waals surface area contributed by atoms with E-state index in [-0.39, 0.29) is 26.1 Å². The van der Waals surface area contributed by atoms with Crippen LogP contribution >= 0.6 is 0 Å². The Labute approximate surface area is 164 Å². The van der Waals surface area contributed by atoms with E-state index in [9.17, 15) is 14.4 Å². The molecule has 28 heavy (non-hydrogen) atoms. The monoisotopic (exact) mass is 406 g/mol. The van der Waals surface area contributed by atoms with Crippen molar-refractivity contribution in [2.24, 2.45) is 0 Å². The quantitative estimate of drug-likeness (QED) is 0.122. The standard InChI is InChI=1S/C18H30O10/c1-2-5-23-6-7-24-8-9-25-10-11-26-12-13-27-14-15-28-17(20)4-3-16(19)18(21)22/h2H,1,3-15H2,(H,21,22). The molecule has 0 aromatic carbocycles. The van der Waals surface area contributed by atoms with Crippen LogP contribution in [0.15, 0.2) is 12.7 Å². The van der Waals surface area contributed by atoms with Gasteiger partial charge >= 0.3 is 11.9 Å². The van der Waals surface area contributed by atoms with Gasteiger partial charge in [-0.1, -0.05) is 6.08 Å². The maximum Gasteiger partial charge on any atom is 0.372 e. The third kappa shape index (κ3) is 18.9. The number of ether oxygens (including phenoxy) is 6. The summed E-state index contributed by atoms with van der Waals surface area (Å²) in [4.78, 5) is 32.3. The zero-order chi connectivity index (χ0) is 20.9. The maximum absolute atomic E-state index is 11.3. The van der Waals surface area contributed by atoms with Gasteiger partial charge in [0.1, 0.15) is 6.61 Å². The summed E-state index contributed by atoms with van der Waals surface area (Å²) in [5.41, 5.74) is 0. The van der Waals surface area contributed by atoms with Gasteiger partial charge in [-0.25, -0.2) is 4.79 Å². The van der Waals surface area contributed by atoms with Crippen LogP contribution in [-0.2, 0) is 42.8 Å². The number of ketones is 1. The Morgan fingerprint density at radius 2 is 1.11 bits per heavy atom. The Kier molecular flexibility index (Phi) is 18.6. The highest BCUT2D eigenvalue weighted by molar-refractivity contribution is 6.32. The number of carbonyl (C=O) groups excluding carboxylic acids is 2. The summed E-state index contributed by atoms with van der Waals surface area (Å²) in [6.45, 7) is 7.87. The van der Waals surface area contributed by atoms with Crippen LogP contribution in [0.5, 0.6) is 0 Å². The average molecular weight is 406 g/mol. The van der Waals surface area contributed by atoms with Crippen molar-refractivity contribution in [1.29, 1.82) is 0 Å². The molecule has 0 amide bonds. The molecule has 10 heteroatoms. The third-order valence-corrected chi connectivity index (χ3v) is 3.01. The summed E-state index contributed by atoms with van der Waals surface area (Å²) < 4.78 is 31.1. The minimum atomic E-state index is -1.56. The third-order valence-electron chi connectivity index (χ3n) is 3.01. The van der Waals surface area contributed by atoms with Crippen molar-refractivity contribution in [3.05, 3.63) is 12.7 Å². The SMILES string of the molecule is C=CCOCCOCCOCCOCCOCCOC(=O)CCC(=O)C(=O)O. The van der Waals surface area contributed by atoms with E-state index in [0.29, 0.717) is 59.5 Å². The molecule has 0 unspecified atom stereocenters. The highest BCUT2D eigenvalue weighted by Gasteiger charge is 2.14. The lowest BCUT2D eigenvalue weighted by atomic mass is 10.2. The summed E-state index contributed by atoms with van der Waals surface area (Å²) >= 11 is 0. The molecule has 0 spiro atoms. The van der Waals surface area contributed by atoms with Gasteiger partial charge in [-0.15, -0.1) is 6.58 Å². The van der Waals surface area contributed by atoms with E-state index in [1.165, 1.54) is 0 Å². The molecule has 0 saturated carbocycles. The second-order valence-corrected chi connectivity index (χ2v) is 5.26. The van der Waals surface area contributed by atoms with E-state index >= 15 is 0 Å². The topological polar surface area (TPSA) is 127 Å². The van der Waals surface area contributed by atoms with E-state index in [4.69, 9.17) is 33.5 Å². The van der Waals surface area contributed by atoms with Crippen molar-refractivity contribution in [2.45, 2.75) is 12.8 Å². The highest BCUT2D eigenvalue weighted by atomic mass is 16.6. The molecule has 0 aliphatic heterocycles. The fourth-order valence-electron chi connectivity index (χ4n) is 1.66. The lowest BCUT2D eigenvalue weighted by Gasteiger charge is -2.08. The van der Waals surface area contributed by atoms with Gasteiger partial charge in [0, 0.05) is 6.42 Å². The molecule has 10 nitrogen and oxygen atoms in total. The van der Waals surface area contributed by atoms with E-state index in [2.05, 4.69) is 6.58 Å². The number of rotatable bonds is 21. The fraction of sp³-hybridized carbons (Fsp3) is 0.722. The van der Waals surface area contributed by atoms with Gasteiger partial charge in [0.15, 0.2) is 0 Å². The Bertz CT molecular complexity index is 438. The number of hydrogen-bond acceptors (Lipinski definition) is 9. The van der Waals surface area contributed by atoms with Crippen molar-refractivity contribution in [1.82, 2.24) is 0 Å². The number of Topliss-reactive ketones (excluding diaryl/α,β-unsaturated/α-hetero) is 1. The first-order valence-corrected chi connectivity index (χ1v) is 8.99. The van der Waals surface area contributed by atoms with Gasteiger partial charge in [0.25, 0.3) is 0 Å². The summed E-state index contributed by atoms with van der Waals surface area (Å²) in [7, 11) is 0. The van der Waals surface area contributed by atoms with Crippen LogP contribution < -0.4 is 0 Å². The highest BCUT2D eigenvalue weighted by Crippen LogP contribution is 1.95. The average Bonchev–Trinajstić information content (AvgIpc) is 2.68. The van der Waals surface area contributed by atoms with Gasteiger partial charge in [-0.05, 0) is 0 Å². The van der Waals surface area contributed by atoms with Crippen LogP contribution in [0, 0.1) is 0 Å². The Morgan fingerprint density at radius 3 is 1.54 bits per heavy atom. The molecule has 0 radical (unpaired) electrons. The molecule has 0 atom stereocenters. The van der Waals surface area contributed by atoms with Crippen LogP contribution in [0.2, 0.25) is 0 Å². The molecule has 0 rings (SSSR count). The maximum atomic E-state index is 11.3. The first kappa shape index (κ1) is 26.1. The van der Waals surface area contributed by atoms with Crippen LogP contribution in [-0.4, -0.2) is 95.5 Å². The zero-order valence-corrected chi connectivity index (χ0v) is 16.1. The molecule has 0 saturated heterocycles. The van der Waals surface area contributed by atoms with Crippen molar-refractivity contribution in [3.63, 3.8) is 0 Å². The second-order valence-electron chi connectivity index (χ2n) is 5.26. The molecule has 0 aliphatic carbocycles. The number of esters is 1. The molecule has 1 N–H and O–H groups in total. The number of hydrogen-bond donors (Lipinski definition) is 1. The van der Waals surface area contributed by atoms with E-state index in [1.54, 1.807) is 6.08 Å². The Balaban J connectivity index is 3.19. The summed E-state index contributed by atoms with van der Waals surface area (Å²) in [5, 5.41) is 8.37. The van der Waals surface area contributed by atoms with E-state index in [0.717, 1.165) is 0 Å². The normalized spacial score (nSPS) is 10.6. The number of carboxylic acid groups (broad SMARTS) is 1. The largest absolute Gasteiger partial charge is 0.476 e. The molecule has 0 heterocycles. The summed E-state index contributed by atoms with van der Waals surface area (Å²) in [5.74, 6) is -3.21. The summed E-state index contributed by atoms with van der Waals surface area (Å²) in [6, 6.07) is 0. The molecule has 0 aromatic rings. The minimum absolute atomic E-state index is 0.0296. The predicted octanol–water partition coefficient (Wildman–Crippen LogP) is 0.233. The Morgan fingerprint density at radius 1 is 0.679 bits per heavy atom. The van der Waals surface area contributed by atoms with Crippen molar-refractivity contribution >= 4 is 17.7 Å². The first-order valence-electron chi connectivity index (χ1n) is 8.99. The Hall–Kier alpha value is -1.85. The lowest BCUT2D eigenvalue weighted by Crippen LogP contribution is -2.17. The minimum Gasteiger partial charge on any atom is -0.476 e. The molecule has 162 valence electrons. The first-order chi connectivity index (χ1) is 13.6. The van der Waals surface area contributed by atoms with Gasteiger partial charge in [-0.2, -0.15) is 0 Å². The van der Waals surface area contributed by atoms with Crippen molar-refractivity contribution in [3.8, 4) is 0 Å². The van der Waals surface area contributed by atoms with Crippen molar-refractivity contribution < 1.29 is 47.9 Å². The lowest BCUT2D eigenvalue weighted by molar-refractivity contribution is -0.151. The fourth-order valence-corrected chi connectivity index (χ4v) is 1.66. The van der Waals surface area contributed by atoms with Gasteiger partial charge < -0.3 is 33.5 Å². The second kappa shape index (κ2) is 19.9.